The Kier molecular flexibility index (Phi) is 8.51. The van der Waals surface area contributed by atoms with Crippen LogP contribution in [0.1, 0.15) is 23.7 Å². The summed E-state index contributed by atoms with van der Waals surface area (Å²) in [6.45, 7) is 2.38. The van der Waals surface area contributed by atoms with Crippen LogP contribution >= 0.6 is 12.4 Å². The fourth-order valence-electron chi connectivity index (χ4n) is 1.45. The second-order valence-electron chi connectivity index (χ2n) is 4.29. The lowest BCUT2D eigenvalue weighted by Gasteiger charge is -2.08. The van der Waals surface area contributed by atoms with E-state index in [1.807, 2.05) is 0 Å². The predicted molar refractivity (Wildman–Crippen MR) is 77.3 cm³/mol. The maximum atomic E-state index is 12.7. The minimum absolute atomic E-state index is 0. The van der Waals surface area contributed by atoms with Crippen molar-refractivity contribution in [3.05, 3.63) is 35.6 Å². The van der Waals surface area contributed by atoms with Crippen LogP contribution in [0.5, 0.6) is 0 Å². The first-order valence-corrected chi connectivity index (χ1v) is 6.05. The molecule has 0 radical (unpaired) electrons. The van der Waals surface area contributed by atoms with Gasteiger partial charge in [0.1, 0.15) is 5.82 Å². The van der Waals surface area contributed by atoms with Gasteiger partial charge >= 0.3 is 0 Å². The Balaban J connectivity index is 0.00000361. The van der Waals surface area contributed by atoms with Gasteiger partial charge in [0.15, 0.2) is 0 Å². The number of hydrogen-bond acceptors (Lipinski definition) is 3. The average Bonchev–Trinajstić information content (AvgIpc) is 2.34. The highest BCUT2D eigenvalue weighted by atomic mass is 35.5. The molecule has 0 saturated carbocycles. The second kappa shape index (κ2) is 9.28. The van der Waals surface area contributed by atoms with Gasteiger partial charge in [0, 0.05) is 31.1 Å². The van der Waals surface area contributed by atoms with Crippen molar-refractivity contribution in [3.63, 3.8) is 0 Å². The molecule has 7 heteroatoms. The van der Waals surface area contributed by atoms with Crippen molar-refractivity contribution in [2.75, 3.05) is 13.1 Å². The molecule has 20 heavy (non-hydrogen) atoms. The Morgan fingerprint density at radius 3 is 2.30 bits per heavy atom. The third kappa shape index (κ3) is 7.06. The molecule has 0 heterocycles. The molecule has 1 aromatic carbocycles. The van der Waals surface area contributed by atoms with E-state index in [9.17, 15) is 14.0 Å². The van der Waals surface area contributed by atoms with Gasteiger partial charge < -0.3 is 16.4 Å². The molecule has 4 N–H and O–H groups in total. The van der Waals surface area contributed by atoms with E-state index in [4.69, 9.17) is 5.73 Å². The van der Waals surface area contributed by atoms with E-state index in [2.05, 4.69) is 10.6 Å². The van der Waals surface area contributed by atoms with Gasteiger partial charge in [0.25, 0.3) is 5.91 Å². The van der Waals surface area contributed by atoms with Crippen molar-refractivity contribution in [3.8, 4) is 0 Å². The minimum Gasteiger partial charge on any atom is -0.354 e. The van der Waals surface area contributed by atoms with Crippen molar-refractivity contribution in [2.45, 2.75) is 19.4 Å². The highest BCUT2D eigenvalue weighted by Crippen LogP contribution is 2.01. The molecule has 1 unspecified atom stereocenters. The molecular weight excluding hydrogens is 285 g/mol. The molecule has 0 spiro atoms. The number of carbonyl (C=O) groups is 2. The molecule has 0 bridgehead atoms. The van der Waals surface area contributed by atoms with E-state index in [1.165, 1.54) is 24.3 Å². The lowest BCUT2D eigenvalue weighted by atomic mass is 10.2. The van der Waals surface area contributed by atoms with Crippen LogP contribution in [0, 0.1) is 5.82 Å². The van der Waals surface area contributed by atoms with E-state index in [0.29, 0.717) is 18.7 Å². The SMILES string of the molecule is CC(N)CC(=O)NCCNC(=O)c1ccc(F)cc1.Cl. The topological polar surface area (TPSA) is 84.2 Å². The standard InChI is InChI=1S/C13H18FN3O2.ClH/c1-9(15)8-12(18)16-6-7-17-13(19)10-2-4-11(14)5-3-10;/h2-5,9H,6-8,15H2,1H3,(H,16,18)(H,17,19);1H. The molecular formula is C13H19ClFN3O2. The van der Waals surface area contributed by atoms with Gasteiger partial charge in [-0.2, -0.15) is 0 Å². The normalized spacial score (nSPS) is 11.2. The number of nitrogens with one attached hydrogen (secondary N) is 2. The van der Waals surface area contributed by atoms with Crippen LogP contribution in [-0.2, 0) is 4.79 Å². The average molecular weight is 304 g/mol. The van der Waals surface area contributed by atoms with Gasteiger partial charge in [-0.3, -0.25) is 9.59 Å². The first kappa shape index (κ1) is 18.3. The van der Waals surface area contributed by atoms with Gasteiger partial charge in [0.2, 0.25) is 5.91 Å². The third-order valence-corrected chi connectivity index (χ3v) is 2.35. The summed E-state index contributed by atoms with van der Waals surface area (Å²) in [5.41, 5.74) is 5.85. The van der Waals surface area contributed by atoms with E-state index in [0.717, 1.165) is 0 Å². The Hall–Kier alpha value is -1.66. The van der Waals surface area contributed by atoms with Gasteiger partial charge in [-0.1, -0.05) is 0 Å². The minimum atomic E-state index is -0.389. The first-order chi connectivity index (χ1) is 8.99. The number of hydrogen-bond donors (Lipinski definition) is 3. The second-order valence-corrected chi connectivity index (χ2v) is 4.29. The highest BCUT2D eigenvalue weighted by molar-refractivity contribution is 5.94. The predicted octanol–water partition coefficient (Wildman–Crippen LogP) is 0.831. The van der Waals surface area contributed by atoms with E-state index >= 15 is 0 Å². The third-order valence-electron chi connectivity index (χ3n) is 2.35. The molecule has 0 aliphatic heterocycles. The summed E-state index contributed by atoms with van der Waals surface area (Å²) in [7, 11) is 0. The maximum Gasteiger partial charge on any atom is 0.251 e. The van der Waals surface area contributed by atoms with E-state index in [-0.39, 0.29) is 42.5 Å². The van der Waals surface area contributed by atoms with Crippen molar-refractivity contribution >= 4 is 24.2 Å². The summed E-state index contributed by atoms with van der Waals surface area (Å²) in [4.78, 5) is 22.9. The van der Waals surface area contributed by atoms with Crippen molar-refractivity contribution in [1.29, 1.82) is 0 Å². The Morgan fingerprint density at radius 2 is 1.75 bits per heavy atom. The van der Waals surface area contributed by atoms with E-state index < -0.39 is 0 Å². The summed E-state index contributed by atoms with van der Waals surface area (Å²) >= 11 is 0. The molecule has 0 saturated heterocycles. The zero-order valence-electron chi connectivity index (χ0n) is 11.2. The summed E-state index contributed by atoms with van der Waals surface area (Å²) in [6.07, 6.45) is 0.256. The molecule has 0 fully saturated rings. The summed E-state index contributed by atoms with van der Waals surface area (Å²) in [6, 6.07) is 5.06. The molecule has 5 nitrogen and oxygen atoms in total. The number of benzene rings is 1. The zero-order valence-corrected chi connectivity index (χ0v) is 12.0. The van der Waals surface area contributed by atoms with Gasteiger partial charge in [-0.15, -0.1) is 12.4 Å². The number of carbonyl (C=O) groups excluding carboxylic acids is 2. The van der Waals surface area contributed by atoms with Gasteiger partial charge in [-0.05, 0) is 31.2 Å². The van der Waals surface area contributed by atoms with Crippen LogP contribution < -0.4 is 16.4 Å². The fraction of sp³-hybridized carbons (Fsp3) is 0.385. The fourth-order valence-corrected chi connectivity index (χ4v) is 1.45. The number of amides is 2. The summed E-state index contributed by atoms with van der Waals surface area (Å²) < 4.78 is 12.7. The monoisotopic (exact) mass is 303 g/mol. The Labute approximate surface area is 123 Å². The molecule has 1 atom stereocenters. The highest BCUT2D eigenvalue weighted by Gasteiger charge is 2.06. The van der Waals surface area contributed by atoms with Crippen LogP contribution in [0.25, 0.3) is 0 Å². The van der Waals surface area contributed by atoms with Crippen LogP contribution in [0.4, 0.5) is 4.39 Å². The quantitative estimate of drug-likeness (QED) is 0.681. The summed E-state index contributed by atoms with van der Waals surface area (Å²) in [5, 5.41) is 5.26. The molecule has 0 aliphatic carbocycles. The Bertz CT molecular complexity index is 438. The first-order valence-electron chi connectivity index (χ1n) is 6.05. The lowest BCUT2D eigenvalue weighted by molar-refractivity contribution is -0.121. The van der Waals surface area contributed by atoms with Gasteiger partial charge in [0.05, 0.1) is 0 Å². The van der Waals surface area contributed by atoms with Crippen LogP contribution in [0.3, 0.4) is 0 Å². The molecule has 0 aliphatic rings. The lowest BCUT2D eigenvalue weighted by Crippen LogP contribution is -2.36. The smallest absolute Gasteiger partial charge is 0.251 e. The number of nitrogens with two attached hydrogens (primary N) is 1. The van der Waals surface area contributed by atoms with Crippen LogP contribution in [0.2, 0.25) is 0 Å². The van der Waals surface area contributed by atoms with Crippen molar-refractivity contribution in [2.24, 2.45) is 5.73 Å². The zero-order chi connectivity index (χ0) is 14.3. The molecule has 112 valence electrons. The molecule has 2 amide bonds. The van der Waals surface area contributed by atoms with Crippen molar-refractivity contribution < 1.29 is 14.0 Å². The molecule has 1 rings (SSSR count). The van der Waals surface area contributed by atoms with E-state index in [1.54, 1.807) is 6.92 Å². The molecule has 0 aromatic heterocycles. The molecule has 1 aromatic rings. The maximum absolute atomic E-state index is 12.7. The Morgan fingerprint density at radius 1 is 1.20 bits per heavy atom. The van der Waals surface area contributed by atoms with Crippen molar-refractivity contribution in [1.82, 2.24) is 10.6 Å². The van der Waals surface area contributed by atoms with Crippen LogP contribution in [0.15, 0.2) is 24.3 Å². The summed E-state index contributed by atoms with van der Waals surface area (Å²) in [5.74, 6) is -0.841. The number of rotatable bonds is 6. The van der Waals surface area contributed by atoms with Crippen LogP contribution in [-0.4, -0.2) is 30.9 Å². The van der Waals surface area contributed by atoms with Gasteiger partial charge in [-0.25, -0.2) is 4.39 Å². The number of halogens is 2. The largest absolute Gasteiger partial charge is 0.354 e.